The summed E-state index contributed by atoms with van der Waals surface area (Å²) in [6.07, 6.45) is 45.5. The predicted molar refractivity (Wildman–Crippen MR) is 230 cm³/mol. The molecule has 0 rings (SSSR count). The largest absolute Gasteiger partial charge is 0.370 e. The molecule has 1 atom stereocenters. The van der Waals surface area contributed by atoms with Gasteiger partial charge in [0, 0.05) is 25.9 Å². The topological polar surface area (TPSA) is 92.5 Å². The van der Waals surface area contributed by atoms with Crippen LogP contribution in [0.2, 0.25) is 0 Å². The summed E-state index contributed by atoms with van der Waals surface area (Å²) in [4.78, 5) is 40.7. The Bertz CT molecular complexity index is 780. The third-order valence-corrected chi connectivity index (χ3v) is 11.2. The van der Waals surface area contributed by atoms with E-state index in [4.69, 9.17) is 5.73 Å². The smallest absolute Gasteiger partial charge is 0.245 e. The van der Waals surface area contributed by atoms with Gasteiger partial charge in [0.15, 0.2) is 0 Å². The fraction of sp³-hybridized carbons (Fsp3) is 0.936. The first-order chi connectivity index (χ1) is 26.0. The van der Waals surface area contributed by atoms with E-state index in [2.05, 4.69) is 26.1 Å². The molecule has 6 nitrogen and oxygen atoms in total. The van der Waals surface area contributed by atoms with Crippen molar-refractivity contribution in [2.75, 3.05) is 13.1 Å². The maximum absolute atomic E-state index is 13.9. The zero-order valence-electron chi connectivity index (χ0n) is 36.1. The molecule has 0 aliphatic rings. The van der Waals surface area contributed by atoms with Gasteiger partial charge in [0.2, 0.25) is 17.7 Å². The molecule has 0 heterocycles. The van der Waals surface area contributed by atoms with Crippen molar-refractivity contribution in [1.82, 2.24) is 10.2 Å². The third-order valence-electron chi connectivity index (χ3n) is 11.2. The summed E-state index contributed by atoms with van der Waals surface area (Å²) in [7, 11) is 0. The zero-order valence-corrected chi connectivity index (χ0v) is 36.1. The van der Waals surface area contributed by atoms with E-state index in [-0.39, 0.29) is 24.7 Å². The highest BCUT2D eigenvalue weighted by Crippen LogP contribution is 2.16. The third kappa shape index (κ3) is 37.1. The van der Waals surface area contributed by atoms with E-state index < -0.39 is 11.9 Å². The van der Waals surface area contributed by atoms with Crippen molar-refractivity contribution in [3.05, 3.63) is 0 Å². The second-order valence-electron chi connectivity index (χ2n) is 16.5. The van der Waals surface area contributed by atoms with Gasteiger partial charge in [-0.15, -0.1) is 0 Å². The van der Waals surface area contributed by atoms with Gasteiger partial charge in [-0.1, -0.05) is 226 Å². The van der Waals surface area contributed by atoms with Crippen LogP contribution >= 0.6 is 0 Å². The van der Waals surface area contributed by atoms with Crippen LogP contribution in [0.4, 0.5) is 0 Å². The van der Waals surface area contributed by atoms with Crippen molar-refractivity contribution < 1.29 is 14.4 Å². The number of unbranched alkanes of at least 4 members (excludes halogenated alkanes) is 32. The first kappa shape index (κ1) is 51.4. The number of carbonyl (C=O) groups is 3. The summed E-state index contributed by atoms with van der Waals surface area (Å²) >= 11 is 0. The maximum atomic E-state index is 13.9. The van der Waals surface area contributed by atoms with Gasteiger partial charge in [0.05, 0.1) is 0 Å². The monoisotopic (exact) mass is 748 g/mol. The summed E-state index contributed by atoms with van der Waals surface area (Å²) in [6.45, 7) is 8.27. The first-order valence-electron chi connectivity index (χ1n) is 23.8. The Morgan fingerprint density at radius 2 is 0.698 bits per heavy atom. The number of hydrogen-bond acceptors (Lipinski definition) is 3. The molecule has 0 unspecified atom stereocenters. The van der Waals surface area contributed by atoms with E-state index in [9.17, 15) is 14.4 Å². The molecule has 0 saturated heterocycles. The number of primary amides is 1. The molecule has 0 spiro atoms. The molecule has 0 aromatic carbocycles. The highest BCUT2D eigenvalue weighted by atomic mass is 16.2. The lowest BCUT2D eigenvalue weighted by Crippen LogP contribution is -2.49. The summed E-state index contributed by atoms with van der Waals surface area (Å²) in [6, 6.07) is -0.669. The number of rotatable bonds is 43. The van der Waals surface area contributed by atoms with E-state index in [1.807, 2.05) is 4.90 Å². The lowest BCUT2D eigenvalue weighted by molar-refractivity contribution is -0.137. The van der Waals surface area contributed by atoms with Gasteiger partial charge < -0.3 is 16.0 Å². The molecule has 0 fully saturated rings. The Balaban J connectivity index is 4.67. The molecular weight excluding hydrogens is 655 g/mol. The average molecular weight is 748 g/mol. The Morgan fingerprint density at radius 3 is 1.00 bits per heavy atom. The molecular formula is C47H93N3O3. The minimum atomic E-state index is -0.669. The number of nitrogens with zero attached hydrogens (tertiary/aromatic N) is 1. The highest BCUT2D eigenvalue weighted by Gasteiger charge is 2.26. The van der Waals surface area contributed by atoms with Crippen LogP contribution in [0.1, 0.15) is 265 Å². The fourth-order valence-corrected chi connectivity index (χ4v) is 7.60. The van der Waals surface area contributed by atoms with E-state index in [1.54, 1.807) is 0 Å². The lowest BCUT2D eigenvalue weighted by atomic mass is 10.0. The number of hydrogen-bond donors (Lipinski definition) is 2. The average Bonchev–Trinajstić information content (AvgIpc) is 3.15. The highest BCUT2D eigenvalue weighted by molar-refractivity contribution is 5.88. The fourth-order valence-electron chi connectivity index (χ4n) is 7.60. The molecule has 6 heteroatoms. The molecule has 0 radical (unpaired) electrons. The normalized spacial score (nSPS) is 11.9. The van der Waals surface area contributed by atoms with Crippen LogP contribution in [-0.2, 0) is 14.4 Å². The van der Waals surface area contributed by atoms with Gasteiger partial charge in [-0.2, -0.15) is 0 Å². The summed E-state index contributed by atoms with van der Waals surface area (Å²) in [5, 5.41) is 3.04. The number of carbonyl (C=O) groups excluding carboxylic acids is 3. The van der Waals surface area contributed by atoms with Gasteiger partial charge in [0.25, 0.3) is 0 Å². The number of amides is 3. The predicted octanol–water partition coefficient (Wildman–Crippen LogP) is 13.7. The van der Waals surface area contributed by atoms with Crippen LogP contribution in [0.25, 0.3) is 0 Å². The molecule has 0 aromatic heterocycles. The van der Waals surface area contributed by atoms with Crippen molar-refractivity contribution in [2.45, 2.75) is 271 Å². The van der Waals surface area contributed by atoms with Gasteiger partial charge in [-0.05, 0) is 25.7 Å². The standard InChI is InChI=1S/C47H93N3O3/c1-4-7-10-13-16-19-22-23-24-25-26-27-30-33-36-39-46(52)49-44(40-41-45(48)51)47(53)50(42-37-34-31-28-20-17-14-11-8-5-2)43-38-35-32-29-21-18-15-12-9-6-3/h44H,4-43H2,1-3H3,(H2,48,51)(H,49,52)/t44-/m0/s1. The lowest BCUT2D eigenvalue weighted by Gasteiger charge is -2.28. The molecule has 0 bridgehead atoms. The van der Waals surface area contributed by atoms with Crippen LogP contribution in [0.3, 0.4) is 0 Å². The van der Waals surface area contributed by atoms with Gasteiger partial charge in [-0.25, -0.2) is 0 Å². The Labute approximate surface area is 331 Å². The molecule has 53 heavy (non-hydrogen) atoms. The second kappa shape index (κ2) is 41.6. The minimum Gasteiger partial charge on any atom is -0.370 e. The van der Waals surface area contributed by atoms with Crippen LogP contribution in [0.5, 0.6) is 0 Å². The summed E-state index contributed by atoms with van der Waals surface area (Å²) in [5.74, 6) is -0.515. The number of nitrogens with two attached hydrogens (primary N) is 1. The van der Waals surface area contributed by atoms with E-state index in [0.29, 0.717) is 6.42 Å². The van der Waals surface area contributed by atoms with Crippen molar-refractivity contribution >= 4 is 17.7 Å². The Morgan fingerprint density at radius 1 is 0.415 bits per heavy atom. The molecule has 314 valence electrons. The van der Waals surface area contributed by atoms with Gasteiger partial charge in [0.1, 0.15) is 6.04 Å². The minimum absolute atomic E-state index is 0.0251. The molecule has 3 N–H and O–H groups in total. The molecule has 0 aliphatic carbocycles. The number of nitrogens with one attached hydrogen (secondary N) is 1. The van der Waals surface area contributed by atoms with Crippen molar-refractivity contribution in [1.29, 1.82) is 0 Å². The summed E-state index contributed by atoms with van der Waals surface area (Å²) in [5.41, 5.74) is 5.51. The Hall–Kier alpha value is -1.59. The molecule has 0 aliphatic heterocycles. The second-order valence-corrected chi connectivity index (χ2v) is 16.5. The van der Waals surface area contributed by atoms with Crippen molar-refractivity contribution in [2.24, 2.45) is 5.73 Å². The van der Waals surface area contributed by atoms with Gasteiger partial charge in [-0.3, -0.25) is 14.4 Å². The van der Waals surface area contributed by atoms with Gasteiger partial charge >= 0.3 is 0 Å². The Kier molecular flexibility index (Phi) is 40.3. The zero-order chi connectivity index (χ0) is 38.9. The molecule has 0 aromatic rings. The van der Waals surface area contributed by atoms with Crippen molar-refractivity contribution in [3.8, 4) is 0 Å². The van der Waals surface area contributed by atoms with Crippen LogP contribution < -0.4 is 11.1 Å². The van der Waals surface area contributed by atoms with Crippen LogP contribution in [-0.4, -0.2) is 41.8 Å². The molecule has 0 saturated carbocycles. The van der Waals surface area contributed by atoms with Crippen LogP contribution in [0, 0.1) is 0 Å². The van der Waals surface area contributed by atoms with E-state index in [0.717, 1.165) is 51.6 Å². The first-order valence-corrected chi connectivity index (χ1v) is 23.8. The van der Waals surface area contributed by atoms with E-state index in [1.165, 1.54) is 186 Å². The van der Waals surface area contributed by atoms with Crippen molar-refractivity contribution in [3.63, 3.8) is 0 Å². The van der Waals surface area contributed by atoms with Crippen LogP contribution in [0.15, 0.2) is 0 Å². The maximum Gasteiger partial charge on any atom is 0.245 e. The molecule has 3 amide bonds. The quantitative estimate of drug-likeness (QED) is 0.0608. The SMILES string of the molecule is CCCCCCCCCCCCCCCCCC(=O)N[C@@H](CCC(N)=O)C(=O)N(CCCCCCCCCCCC)CCCCCCCCCCCC. The van der Waals surface area contributed by atoms with E-state index >= 15 is 0 Å². The summed E-state index contributed by atoms with van der Waals surface area (Å²) < 4.78 is 0.